The van der Waals surface area contributed by atoms with Gasteiger partial charge in [0.25, 0.3) is 0 Å². The zero-order valence-corrected chi connectivity index (χ0v) is 26.9. The van der Waals surface area contributed by atoms with Crippen molar-refractivity contribution in [3.63, 3.8) is 0 Å². The number of carbonyl (C=O) groups is 1. The highest BCUT2D eigenvalue weighted by atomic mass is 16.3. The van der Waals surface area contributed by atoms with Gasteiger partial charge in [-0.1, -0.05) is 143 Å². The summed E-state index contributed by atoms with van der Waals surface area (Å²) >= 11 is 0. The molecule has 0 fully saturated rings. The number of rotatable bonds is 30. The second-order valence-corrected chi connectivity index (χ2v) is 12.1. The highest BCUT2D eigenvalue weighted by Crippen LogP contribution is 2.16. The van der Waals surface area contributed by atoms with Crippen LogP contribution in [0, 0.1) is 0 Å². The van der Waals surface area contributed by atoms with Crippen LogP contribution in [0.2, 0.25) is 0 Å². The number of hydrogen-bond acceptors (Lipinski definition) is 4. The fraction of sp³-hybridized carbons (Fsp3) is 0.971. The van der Waals surface area contributed by atoms with E-state index < -0.39 is 18.2 Å². The van der Waals surface area contributed by atoms with Gasteiger partial charge in [0.05, 0.1) is 12.1 Å². The predicted molar refractivity (Wildman–Crippen MR) is 169 cm³/mol. The Kier molecular flexibility index (Phi) is 28.4. The van der Waals surface area contributed by atoms with Crippen molar-refractivity contribution in [2.75, 3.05) is 19.6 Å². The zero-order valence-electron chi connectivity index (χ0n) is 26.9. The summed E-state index contributed by atoms with van der Waals surface area (Å²) in [5.41, 5.74) is 0. The molecule has 234 valence electrons. The third kappa shape index (κ3) is 23.7. The van der Waals surface area contributed by atoms with Crippen molar-refractivity contribution < 1.29 is 15.0 Å². The van der Waals surface area contributed by atoms with Gasteiger partial charge in [-0.15, -0.1) is 0 Å². The van der Waals surface area contributed by atoms with Gasteiger partial charge in [0.2, 0.25) is 5.91 Å². The van der Waals surface area contributed by atoms with E-state index >= 15 is 0 Å². The molecule has 0 aliphatic rings. The lowest BCUT2D eigenvalue weighted by atomic mass is 9.98. The summed E-state index contributed by atoms with van der Waals surface area (Å²) in [4.78, 5) is 15.1. The minimum atomic E-state index is -0.924. The molecule has 0 heterocycles. The Morgan fingerprint density at radius 1 is 0.590 bits per heavy atom. The van der Waals surface area contributed by atoms with Gasteiger partial charge in [-0.25, -0.2) is 0 Å². The Bertz CT molecular complexity index is 509. The molecule has 0 bridgehead atoms. The van der Waals surface area contributed by atoms with Gasteiger partial charge in [0, 0.05) is 13.0 Å². The first kappa shape index (κ1) is 38.4. The molecule has 0 rings (SSSR count). The lowest BCUT2D eigenvalue weighted by molar-refractivity contribution is -0.124. The zero-order chi connectivity index (χ0) is 29.0. The van der Waals surface area contributed by atoms with Crippen LogP contribution < -0.4 is 5.32 Å². The molecule has 0 unspecified atom stereocenters. The standard InChI is InChI=1S/C34H70N2O3/c1-5-9-13-15-16-17-18-19-20-21-23-24-26-32(37)34(39)31(30-36(28-11-7-3)29-12-8-4)35-33(38)27-25-22-14-10-6-2/h31-32,34,37,39H,5-30H2,1-4H3,(H,35,38)/t31-,32+,34-/m0/s1. The van der Waals surface area contributed by atoms with Crippen LogP contribution in [0.5, 0.6) is 0 Å². The highest BCUT2D eigenvalue weighted by Gasteiger charge is 2.29. The van der Waals surface area contributed by atoms with Crippen molar-refractivity contribution in [3.05, 3.63) is 0 Å². The van der Waals surface area contributed by atoms with Gasteiger partial charge < -0.3 is 20.4 Å². The van der Waals surface area contributed by atoms with Gasteiger partial charge in [0.15, 0.2) is 0 Å². The van der Waals surface area contributed by atoms with Crippen LogP contribution in [-0.4, -0.2) is 58.9 Å². The molecule has 0 spiro atoms. The van der Waals surface area contributed by atoms with E-state index in [-0.39, 0.29) is 5.91 Å². The first-order valence-electron chi connectivity index (χ1n) is 17.4. The molecule has 3 N–H and O–H groups in total. The molecule has 5 heteroatoms. The smallest absolute Gasteiger partial charge is 0.220 e. The quantitative estimate of drug-likeness (QED) is 0.0778. The van der Waals surface area contributed by atoms with E-state index in [1.165, 1.54) is 83.5 Å². The molecule has 39 heavy (non-hydrogen) atoms. The molecule has 0 saturated carbocycles. The summed E-state index contributed by atoms with van der Waals surface area (Å²) in [5, 5.41) is 25.2. The summed E-state index contributed by atoms with van der Waals surface area (Å²) in [6, 6.07) is -0.422. The number of unbranched alkanes of at least 4 members (excludes halogenated alkanes) is 17. The SMILES string of the molecule is CCCCCCCCCCCCCC[C@@H](O)[C@@H](O)[C@H](CN(CCCC)CCCC)NC(=O)CCCCCCC. The van der Waals surface area contributed by atoms with E-state index in [1.807, 2.05) is 0 Å². The molecule has 0 aromatic carbocycles. The molecule has 0 saturated heterocycles. The van der Waals surface area contributed by atoms with Gasteiger partial charge in [-0.05, 0) is 38.8 Å². The molecular weight excluding hydrogens is 484 g/mol. The van der Waals surface area contributed by atoms with E-state index in [0.717, 1.165) is 64.5 Å². The number of amides is 1. The number of aliphatic hydroxyl groups excluding tert-OH is 2. The minimum Gasteiger partial charge on any atom is -0.390 e. The maximum atomic E-state index is 12.8. The summed E-state index contributed by atoms with van der Waals surface area (Å²) in [7, 11) is 0. The molecular formula is C34H70N2O3. The van der Waals surface area contributed by atoms with Gasteiger partial charge in [0.1, 0.15) is 6.10 Å². The first-order valence-corrected chi connectivity index (χ1v) is 17.4. The van der Waals surface area contributed by atoms with Crippen molar-refractivity contribution in [2.45, 2.75) is 194 Å². The van der Waals surface area contributed by atoms with Gasteiger partial charge in [-0.2, -0.15) is 0 Å². The second kappa shape index (κ2) is 28.9. The molecule has 0 aromatic rings. The van der Waals surface area contributed by atoms with Crippen molar-refractivity contribution in [1.29, 1.82) is 0 Å². The molecule has 0 aliphatic heterocycles. The maximum absolute atomic E-state index is 12.8. The average molecular weight is 555 g/mol. The van der Waals surface area contributed by atoms with Crippen LogP contribution in [0.15, 0.2) is 0 Å². The highest BCUT2D eigenvalue weighted by molar-refractivity contribution is 5.76. The number of nitrogens with zero attached hydrogens (tertiary/aromatic N) is 1. The summed E-state index contributed by atoms with van der Waals surface area (Å²) < 4.78 is 0. The Labute approximate surface area is 244 Å². The number of aliphatic hydroxyl groups is 2. The van der Waals surface area contributed by atoms with E-state index in [4.69, 9.17) is 0 Å². The topological polar surface area (TPSA) is 72.8 Å². The van der Waals surface area contributed by atoms with Crippen molar-refractivity contribution >= 4 is 5.91 Å². The summed E-state index contributed by atoms with van der Waals surface area (Å²) in [6.07, 6.45) is 24.8. The number of hydrogen-bond donors (Lipinski definition) is 3. The molecule has 0 aromatic heterocycles. The lowest BCUT2D eigenvalue weighted by Gasteiger charge is -2.33. The largest absolute Gasteiger partial charge is 0.390 e. The van der Waals surface area contributed by atoms with E-state index in [9.17, 15) is 15.0 Å². The normalized spacial score (nSPS) is 14.0. The van der Waals surface area contributed by atoms with Crippen LogP contribution in [0.25, 0.3) is 0 Å². The Morgan fingerprint density at radius 2 is 1.00 bits per heavy atom. The summed E-state index contributed by atoms with van der Waals surface area (Å²) in [6.45, 7) is 11.4. The Balaban J connectivity index is 4.58. The third-order valence-electron chi connectivity index (χ3n) is 8.12. The third-order valence-corrected chi connectivity index (χ3v) is 8.12. The number of nitrogens with one attached hydrogen (secondary N) is 1. The van der Waals surface area contributed by atoms with Crippen LogP contribution >= 0.6 is 0 Å². The first-order chi connectivity index (χ1) is 19.0. The average Bonchev–Trinajstić information content (AvgIpc) is 2.93. The molecule has 0 aliphatic carbocycles. The van der Waals surface area contributed by atoms with Crippen LogP contribution in [0.3, 0.4) is 0 Å². The minimum absolute atomic E-state index is 0.0130. The van der Waals surface area contributed by atoms with E-state index in [0.29, 0.717) is 19.4 Å². The maximum Gasteiger partial charge on any atom is 0.220 e. The van der Waals surface area contributed by atoms with Crippen molar-refractivity contribution in [2.24, 2.45) is 0 Å². The fourth-order valence-corrected chi connectivity index (χ4v) is 5.38. The van der Waals surface area contributed by atoms with Crippen molar-refractivity contribution in [1.82, 2.24) is 10.2 Å². The number of carbonyl (C=O) groups excluding carboxylic acids is 1. The Morgan fingerprint density at radius 3 is 1.46 bits per heavy atom. The van der Waals surface area contributed by atoms with Gasteiger partial charge in [-0.3, -0.25) is 4.79 Å². The molecule has 0 radical (unpaired) electrons. The lowest BCUT2D eigenvalue weighted by Crippen LogP contribution is -2.54. The molecule has 3 atom stereocenters. The van der Waals surface area contributed by atoms with Crippen LogP contribution in [-0.2, 0) is 4.79 Å². The van der Waals surface area contributed by atoms with Gasteiger partial charge >= 0.3 is 0 Å². The monoisotopic (exact) mass is 555 g/mol. The molecule has 1 amide bonds. The predicted octanol–water partition coefficient (Wildman–Crippen LogP) is 8.55. The van der Waals surface area contributed by atoms with Crippen LogP contribution in [0.4, 0.5) is 0 Å². The summed E-state index contributed by atoms with van der Waals surface area (Å²) in [5.74, 6) is 0.0130. The van der Waals surface area contributed by atoms with Crippen molar-refractivity contribution in [3.8, 4) is 0 Å². The Hall–Kier alpha value is -0.650. The molecule has 5 nitrogen and oxygen atoms in total. The fourth-order valence-electron chi connectivity index (χ4n) is 5.38. The van der Waals surface area contributed by atoms with Crippen LogP contribution in [0.1, 0.15) is 175 Å². The second-order valence-electron chi connectivity index (χ2n) is 12.1. The van der Waals surface area contributed by atoms with E-state index in [1.54, 1.807) is 0 Å². The van der Waals surface area contributed by atoms with E-state index in [2.05, 4.69) is 37.9 Å².